The Balaban J connectivity index is 2.04. The summed E-state index contributed by atoms with van der Waals surface area (Å²) in [6.07, 6.45) is 53.7. The second-order valence-corrected chi connectivity index (χ2v) is 20.7. The number of esters is 1. The zero-order valence-electron chi connectivity index (χ0n) is 46.1. The Morgan fingerprint density at radius 3 is 1.40 bits per heavy atom. The van der Waals surface area contributed by atoms with Crippen LogP contribution in [-0.4, -0.2) is 100 Å². The molecule has 6 N–H and O–H groups in total. The number of hydrogen-bond acceptors (Lipinski definition) is 10. The van der Waals surface area contributed by atoms with Gasteiger partial charge in [0.25, 0.3) is 0 Å². The van der Waals surface area contributed by atoms with E-state index in [1.807, 2.05) is 6.08 Å². The van der Waals surface area contributed by atoms with Crippen molar-refractivity contribution in [2.24, 2.45) is 0 Å². The molecule has 1 heterocycles. The van der Waals surface area contributed by atoms with Crippen LogP contribution in [0.25, 0.3) is 0 Å². The number of aliphatic hydroxyl groups is 5. The van der Waals surface area contributed by atoms with Crippen molar-refractivity contribution in [1.29, 1.82) is 0 Å². The van der Waals surface area contributed by atoms with E-state index in [1.165, 1.54) is 148 Å². The molecule has 1 saturated heterocycles. The zero-order valence-corrected chi connectivity index (χ0v) is 46.1. The van der Waals surface area contributed by atoms with Crippen molar-refractivity contribution in [3.05, 3.63) is 48.6 Å². The van der Waals surface area contributed by atoms with E-state index in [0.29, 0.717) is 19.4 Å². The Hall–Kier alpha value is -2.38. The number of carbonyl (C=O) groups excluding carboxylic acids is 2. The minimum absolute atomic E-state index is 0.0227. The number of aliphatic hydroxyl groups excluding tert-OH is 5. The summed E-state index contributed by atoms with van der Waals surface area (Å²) >= 11 is 0. The Morgan fingerprint density at radius 2 is 0.903 bits per heavy atom. The standard InChI is InChI=1S/C61H111NO10/c1-3-5-7-9-11-13-14-15-16-17-18-19-23-26-29-33-37-41-45-49-57(66)70-50-46-42-38-34-30-27-24-21-20-22-25-28-32-36-40-44-48-56(65)62-53(54(64)47-43-39-35-31-12-10-8-6-4-2)52-71-61-60(69)59(68)58(67)55(51-63)72-61/h12,15-16,20,22,31,43,47,53-55,58-61,63-64,67-69H,3-11,13-14,17-19,21,23-30,32-42,44-46,48-52H2,1-2H3,(H,62,65)/b16-15-,22-20-,31-12+,47-43+. The number of allylic oxidation sites excluding steroid dienone is 7. The first-order valence-corrected chi connectivity index (χ1v) is 29.9. The number of hydrogen-bond donors (Lipinski definition) is 6. The highest BCUT2D eigenvalue weighted by Crippen LogP contribution is 2.23. The fourth-order valence-corrected chi connectivity index (χ4v) is 9.09. The summed E-state index contributed by atoms with van der Waals surface area (Å²) in [7, 11) is 0. The Bertz CT molecular complexity index is 1340. The highest BCUT2D eigenvalue weighted by atomic mass is 16.7. The second kappa shape index (κ2) is 50.8. The van der Waals surface area contributed by atoms with Crippen LogP contribution in [0.15, 0.2) is 48.6 Å². The summed E-state index contributed by atoms with van der Waals surface area (Å²) in [4.78, 5) is 25.1. The average Bonchev–Trinajstić information content (AvgIpc) is 3.38. The van der Waals surface area contributed by atoms with Crippen molar-refractivity contribution in [2.45, 2.75) is 307 Å². The van der Waals surface area contributed by atoms with E-state index in [-0.39, 0.29) is 18.5 Å². The van der Waals surface area contributed by atoms with Crippen LogP contribution in [0.5, 0.6) is 0 Å². The van der Waals surface area contributed by atoms with Crippen molar-refractivity contribution in [1.82, 2.24) is 5.32 Å². The molecule has 0 bridgehead atoms. The number of nitrogens with one attached hydrogen (secondary N) is 1. The normalized spacial score (nSPS) is 19.3. The molecule has 0 aliphatic carbocycles. The molecule has 1 rings (SSSR count). The molecule has 0 radical (unpaired) electrons. The molecule has 11 heteroatoms. The van der Waals surface area contributed by atoms with Gasteiger partial charge >= 0.3 is 5.97 Å². The van der Waals surface area contributed by atoms with Gasteiger partial charge in [0.05, 0.1) is 32.0 Å². The lowest BCUT2D eigenvalue weighted by Gasteiger charge is -2.40. The summed E-state index contributed by atoms with van der Waals surface area (Å²) in [5.74, 6) is -0.235. The van der Waals surface area contributed by atoms with Gasteiger partial charge in [-0.15, -0.1) is 0 Å². The summed E-state index contributed by atoms with van der Waals surface area (Å²) < 4.78 is 16.7. The van der Waals surface area contributed by atoms with Crippen LogP contribution in [0, 0.1) is 0 Å². The minimum Gasteiger partial charge on any atom is -0.466 e. The fourth-order valence-electron chi connectivity index (χ4n) is 9.09. The largest absolute Gasteiger partial charge is 0.466 e. The molecule has 0 aromatic heterocycles. The number of rotatable bonds is 51. The molecular weight excluding hydrogens is 907 g/mol. The van der Waals surface area contributed by atoms with Crippen LogP contribution in [0.4, 0.5) is 0 Å². The van der Waals surface area contributed by atoms with Crippen molar-refractivity contribution >= 4 is 11.9 Å². The van der Waals surface area contributed by atoms with E-state index < -0.39 is 49.5 Å². The van der Waals surface area contributed by atoms with Gasteiger partial charge < -0.3 is 45.1 Å². The maximum Gasteiger partial charge on any atom is 0.305 e. The van der Waals surface area contributed by atoms with Gasteiger partial charge in [0, 0.05) is 12.8 Å². The van der Waals surface area contributed by atoms with E-state index in [4.69, 9.17) is 14.2 Å². The third-order valence-electron chi connectivity index (χ3n) is 13.9. The van der Waals surface area contributed by atoms with Gasteiger partial charge in [-0.1, -0.05) is 204 Å². The number of ether oxygens (including phenoxy) is 3. The molecule has 1 fully saturated rings. The van der Waals surface area contributed by atoms with E-state index in [9.17, 15) is 35.1 Å². The second-order valence-electron chi connectivity index (χ2n) is 20.7. The first kappa shape index (κ1) is 67.6. The Kier molecular flexibility index (Phi) is 47.7. The molecule has 0 aromatic carbocycles. The third kappa shape index (κ3) is 40.0. The fraction of sp³-hybridized carbons (Fsp3) is 0.836. The van der Waals surface area contributed by atoms with Crippen LogP contribution in [0.1, 0.15) is 264 Å². The van der Waals surface area contributed by atoms with Gasteiger partial charge in [-0.3, -0.25) is 9.59 Å². The minimum atomic E-state index is -1.58. The summed E-state index contributed by atoms with van der Waals surface area (Å²) in [5, 5.41) is 54.1. The monoisotopic (exact) mass is 1020 g/mol. The van der Waals surface area contributed by atoms with E-state index in [0.717, 1.165) is 89.9 Å². The molecule has 7 unspecified atom stereocenters. The van der Waals surface area contributed by atoms with Gasteiger partial charge in [0.2, 0.25) is 5.91 Å². The predicted molar refractivity (Wildman–Crippen MR) is 297 cm³/mol. The predicted octanol–water partition coefficient (Wildman–Crippen LogP) is 13.7. The molecule has 72 heavy (non-hydrogen) atoms. The average molecular weight is 1020 g/mol. The Labute approximate surface area is 440 Å². The zero-order chi connectivity index (χ0) is 52.4. The lowest BCUT2D eigenvalue weighted by Crippen LogP contribution is -2.60. The van der Waals surface area contributed by atoms with Crippen molar-refractivity contribution < 1.29 is 49.3 Å². The summed E-state index contributed by atoms with van der Waals surface area (Å²) in [5.41, 5.74) is 0. The van der Waals surface area contributed by atoms with E-state index in [2.05, 4.69) is 55.6 Å². The topological polar surface area (TPSA) is 175 Å². The summed E-state index contributed by atoms with van der Waals surface area (Å²) in [6, 6.07) is -0.839. The van der Waals surface area contributed by atoms with Gasteiger partial charge in [-0.25, -0.2) is 0 Å². The highest BCUT2D eigenvalue weighted by molar-refractivity contribution is 5.76. The first-order chi connectivity index (χ1) is 35.2. The lowest BCUT2D eigenvalue weighted by atomic mass is 9.99. The van der Waals surface area contributed by atoms with Crippen LogP contribution in [-0.2, 0) is 23.8 Å². The van der Waals surface area contributed by atoms with Crippen LogP contribution in [0.3, 0.4) is 0 Å². The van der Waals surface area contributed by atoms with Crippen molar-refractivity contribution in [2.75, 3.05) is 19.8 Å². The quantitative estimate of drug-likeness (QED) is 0.0195. The molecular formula is C61H111NO10. The number of unbranched alkanes of at least 4 members (excludes halogenated alkanes) is 31. The van der Waals surface area contributed by atoms with E-state index >= 15 is 0 Å². The molecule has 11 nitrogen and oxygen atoms in total. The van der Waals surface area contributed by atoms with Gasteiger partial charge in [0.15, 0.2) is 6.29 Å². The lowest BCUT2D eigenvalue weighted by molar-refractivity contribution is -0.302. The van der Waals surface area contributed by atoms with Crippen LogP contribution in [0.2, 0.25) is 0 Å². The molecule has 7 atom stereocenters. The highest BCUT2D eigenvalue weighted by Gasteiger charge is 2.44. The molecule has 0 aromatic rings. The molecule has 0 spiro atoms. The smallest absolute Gasteiger partial charge is 0.305 e. The SMILES string of the molecule is CCCCC/C=C/CC/C=C/C(O)C(COC1OC(CO)C(O)C(O)C1O)NC(=O)CCCCCCC/C=C\CCCCCCCCCOC(=O)CCCCCCCCCCC/C=C\CCCCCCCC. The molecule has 1 aliphatic rings. The summed E-state index contributed by atoms with van der Waals surface area (Å²) in [6.45, 7) is 4.23. The molecule has 1 amide bonds. The number of amides is 1. The van der Waals surface area contributed by atoms with Gasteiger partial charge in [-0.05, 0) is 96.3 Å². The third-order valence-corrected chi connectivity index (χ3v) is 13.9. The first-order valence-electron chi connectivity index (χ1n) is 29.9. The molecule has 420 valence electrons. The maximum atomic E-state index is 13.0. The van der Waals surface area contributed by atoms with Crippen molar-refractivity contribution in [3.63, 3.8) is 0 Å². The molecule has 0 saturated carbocycles. The van der Waals surface area contributed by atoms with Gasteiger partial charge in [-0.2, -0.15) is 0 Å². The number of carbonyl (C=O) groups is 2. The van der Waals surface area contributed by atoms with Crippen LogP contribution >= 0.6 is 0 Å². The maximum absolute atomic E-state index is 13.0. The Morgan fingerprint density at radius 1 is 0.500 bits per heavy atom. The molecule has 1 aliphatic heterocycles. The van der Waals surface area contributed by atoms with Crippen molar-refractivity contribution in [3.8, 4) is 0 Å². The van der Waals surface area contributed by atoms with Crippen LogP contribution < -0.4 is 5.32 Å². The van der Waals surface area contributed by atoms with E-state index in [1.54, 1.807) is 6.08 Å². The van der Waals surface area contributed by atoms with Gasteiger partial charge in [0.1, 0.15) is 24.4 Å².